The van der Waals surface area contributed by atoms with E-state index >= 15 is 0 Å². The molecule has 150 valence electrons. The number of aromatic hydroxyl groups is 2. The maximum atomic E-state index is 12.1. The van der Waals surface area contributed by atoms with Gasteiger partial charge < -0.3 is 19.7 Å². The molecular formula is C18H14Br4O6. The summed E-state index contributed by atoms with van der Waals surface area (Å²) in [6.45, 7) is 0. The van der Waals surface area contributed by atoms with E-state index in [-0.39, 0.29) is 24.3 Å². The van der Waals surface area contributed by atoms with E-state index in [1.807, 2.05) is 0 Å². The average Bonchev–Trinajstić information content (AvgIpc) is 2.59. The molecule has 0 aliphatic rings. The highest BCUT2D eigenvalue weighted by atomic mass is 79.9. The van der Waals surface area contributed by atoms with Gasteiger partial charge in [0.05, 0.1) is 24.0 Å². The van der Waals surface area contributed by atoms with E-state index < -0.39 is 18.8 Å². The fraction of sp³-hybridized carbons (Fsp3) is 0.222. The SMILES string of the molecule is O=C(CCC(=O)OC(Br)(Br)c1ccccc1O)OC(Br)(Br)c1ccccc1O. The number of halogens is 4. The molecule has 0 saturated carbocycles. The van der Waals surface area contributed by atoms with Gasteiger partial charge in [-0.15, -0.1) is 0 Å². The molecule has 6 nitrogen and oxygen atoms in total. The van der Waals surface area contributed by atoms with Crippen LogP contribution in [0.3, 0.4) is 0 Å². The molecule has 0 amide bonds. The number of para-hydroxylation sites is 2. The molecule has 2 rings (SSSR count). The second-order valence-corrected chi connectivity index (χ2v) is 12.1. The van der Waals surface area contributed by atoms with E-state index in [0.29, 0.717) is 11.1 Å². The number of hydrogen-bond donors (Lipinski definition) is 2. The van der Waals surface area contributed by atoms with E-state index in [4.69, 9.17) is 9.47 Å². The van der Waals surface area contributed by atoms with Crippen LogP contribution in [0.15, 0.2) is 48.5 Å². The van der Waals surface area contributed by atoms with E-state index in [2.05, 4.69) is 63.7 Å². The van der Waals surface area contributed by atoms with E-state index in [9.17, 15) is 19.8 Å². The fourth-order valence-corrected chi connectivity index (χ4v) is 4.20. The Labute approximate surface area is 194 Å². The molecule has 0 aliphatic heterocycles. The van der Waals surface area contributed by atoms with Gasteiger partial charge in [0.15, 0.2) is 0 Å². The molecule has 28 heavy (non-hydrogen) atoms. The Kier molecular flexibility index (Phi) is 7.95. The first-order valence-corrected chi connectivity index (χ1v) is 11.0. The quantitative estimate of drug-likeness (QED) is 0.307. The monoisotopic (exact) mass is 642 g/mol. The number of carbonyl (C=O) groups excluding carboxylic acids is 2. The van der Waals surface area contributed by atoms with Crippen LogP contribution in [0.4, 0.5) is 0 Å². The summed E-state index contributed by atoms with van der Waals surface area (Å²) < 4.78 is 7.64. The zero-order valence-electron chi connectivity index (χ0n) is 14.1. The van der Waals surface area contributed by atoms with Crippen molar-refractivity contribution < 1.29 is 29.3 Å². The van der Waals surface area contributed by atoms with E-state index in [0.717, 1.165) is 0 Å². The van der Waals surface area contributed by atoms with Crippen molar-refractivity contribution >= 4 is 75.7 Å². The Morgan fingerprint density at radius 3 is 1.36 bits per heavy atom. The predicted molar refractivity (Wildman–Crippen MR) is 117 cm³/mol. The smallest absolute Gasteiger partial charge is 0.308 e. The summed E-state index contributed by atoms with van der Waals surface area (Å²) in [4.78, 5) is 24.2. The highest BCUT2D eigenvalue weighted by Gasteiger charge is 2.35. The largest absolute Gasteiger partial charge is 0.507 e. The number of rotatable bonds is 7. The molecule has 0 unspecified atom stereocenters. The standard InChI is InChI=1S/C18H14Br4O6/c19-17(20,11-5-1-3-7-13(11)23)27-15(25)9-10-16(26)28-18(21,22)12-6-2-4-8-14(12)24/h1-8,23-24H,9-10H2. The van der Waals surface area contributed by atoms with Gasteiger partial charge in [-0.2, -0.15) is 0 Å². The second kappa shape index (κ2) is 9.60. The minimum atomic E-state index is -1.43. The minimum absolute atomic E-state index is 0.0745. The molecule has 2 N–H and O–H groups in total. The van der Waals surface area contributed by atoms with Crippen LogP contribution in [-0.2, 0) is 25.9 Å². The van der Waals surface area contributed by atoms with Crippen molar-refractivity contribution in [3.63, 3.8) is 0 Å². The van der Waals surface area contributed by atoms with Crippen LogP contribution >= 0.6 is 63.7 Å². The number of phenolic OH excluding ortho intramolecular Hbond substituents is 2. The Hall–Kier alpha value is -1.10. The lowest BCUT2D eigenvalue weighted by molar-refractivity contribution is -0.153. The molecule has 0 spiro atoms. The van der Waals surface area contributed by atoms with Crippen molar-refractivity contribution in [3.05, 3.63) is 59.7 Å². The molecule has 2 aromatic rings. The molecule has 0 atom stereocenters. The third-order valence-corrected chi connectivity index (χ3v) is 5.81. The van der Waals surface area contributed by atoms with E-state index in [1.165, 1.54) is 12.1 Å². The Morgan fingerprint density at radius 1 is 0.714 bits per heavy atom. The molecule has 0 aliphatic carbocycles. The van der Waals surface area contributed by atoms with Crippen LogP contribution in [0.25, 0.3) is 0 Å². The summed E-state index contributed by atoms with van der Waals surface area (Å²) in [6, 6.07) is 12.6. The van der Waals surface area contributed by atoms with Gasteiger partial charge in [0, 0.05) is 0 Å². The van der Waals surface area contributed by atoms with Gasteiger partial charge in [0.2, 0.25) is 6.84 Å². The molecule has 0 aromatic heterocycles. The van der Waals surface area contributed by atoms with E-state index in [1.54, 1.807) is 36.4 Å². The number of benzene rings is 2. The molecule has 10 heteroatoms. The Balaban J connectivity index is 1.93. The number of esters is 2. The molecule has 0 bridgehead atoms. The number of alkyl halides is 4. The molecule has 0 heterocycles. The summed E-state index contributed by atoms with van der Waals surface area (Å²) in [5.74, 6) is -1.55. The molecule has 0 radical (unpaired) electrons. The van der Waals surface area contributed by atoms with Crippen LogP contribution in [-0.4, -0.2) is 22.2 Å². The second-order valence-electron chi connectivity index (χ2n) is 5.52. The topological polar surface area (TPSA) is 93.1 Å². The zero-order chi connectivity index (χ0) is 20.9. The summed E-state index contributed by atoms with van der Waals surface area (Å²) in [5.41, 5.74) is 0.593. The number of carbonyl (C=O) groups is 2. The van der Waals surface area contributed by atoms with Crippen LogP contribution in [0.1, 0.15) is 24.0 Å². The van der Waals surface area contributed by atoms with Crippen LogP contribution < -0.4 is 0 Å². The third-order valence-electron chi connectivity index (χ3n) is 3.45. The van der Waals surface area contributed by atoms with Gasteiger partial charge in [-0.05, 0) is 88.0 Å². The zero-order valence-corrected chi connectivity index (χ0v) is 20.4. The van der Waals surface area contributed by atoms with Crippen LogP contribution in [0.5, 0.6) is 11.5 Å². The summed E-state index contributed by atoms with van der Waals surface area (Å²) in [6.07, 6.45) is -0.523. The Bertz CT molecular complexity index is 797. The van der Waals surface area contributed by atoms with Crippen molar-refractivity contribution in [2.45, 2.75) is 19.7 Å². The fourth-order valence-electron chi connectivity index (χ4n) is 2.14. The average molecular weight is 646 g/mol. The lowest BCUT2D eigenvalue weighted by Gasteiger charge is -2.23. The first kappa shape index (κ1) is 23.2. The molecule has 0 saturated heterocycles. The highest BCUT2D eigenvalue weighted by molar-refractivity contribution is 9.25. The van der Waals surface area contributed by atoms with Crippen molar-refractivity contribution in [1.82, 2.24) is 0 Å². The maximum Gasteiger partial charge on any atom is 0.308 e. The van der Waals surface area contributed by atoms with Gasteiger partial charge in [0.1, 0.15) is 11.5 Å². The van der Waals surface area contributed by atoms with Crippen molar-refractivity contribution in [2.75, 3.05) is 0 Å². The minimum Gasteiger partial charge on any atom is -0.507 e. The lowest BCUT2D eigenvalue weighted by atomic mass is 10.2. The van der Waals surface area contributed by atoms with Gasteiger partial charge in [-0.3, -0.25) is 9.59 Å². The lowest BCUT2D eigenvalue weighted by Crippen LogP contribution is -2.22. The van der Waals surface area contributed by atoms with Crippen molar-refractivity contribution in [3.8, 4) is 11.5 Å². The molecular weight excluding hydrogens is 632 g/mol. The van der Waals surface area contributed by atoms with Gasteiger partial charge in [-0.1, -0.05) is 24.3 Å². The summed E-state index contributed by atoms with van der Waals surface area (Å²) in [7, 11) is 0. The molecule has 2 aromatic carbocycles. The third kappa shape index (κ3) is 6.20. The normalized spacial score (nSPS) is 11.7. The van der Waals surface area contributed by atoms with Crippen molar-refractivity contribution in [2.24, 2.45) is 0 Å². The highest BCUT2D eigenvalue weighted by Crippen LogP contribution is 2.45. The van der Waals surface area contributed by atoms with Gasteiger partial charge in [0.25, 0.3) is 0 Å². The van der Waals surface area contributed by atoms with Crippen LogP contribution in [0, 0.1) is 0 Å². The number of ether oxygens (including phenoxy) is 2. The predicted octanol–water partition coefficient (Wildman–Crippen LogP) is 5.46. The first-order chi connectivity index (χ1) is 13.0. The first-order valence-electron chi connectivity index (χ1n) is 7.79. The molecule has 0 fully saturated rings. The summed E-state index contributed by atoms with van der Waals surface area (Å²) >= 11 is 12.8. The van der Waals surface area contributed by atoms with Crippen LogP contribution in [0.2, 0.25) is 0 Å². The van der Waals surface area contributed by atoms with Crippen molar-refractivity contribution in [1.29, 1.82) is 0 Å². The van der Waals surface area contributed by atoms with Gasteiger partial charge in [-0.25, -0.2) is 0 Å². The number of hydrogen-bond acceptors (Lipinski definition) is 6. The summed E-state index contributed by atoms with van der Waals surface area (Å²) in [5, 5.41) is 19.8. The Morgan fingerprint density at radius 2 is 1.04 bits per heavy atom. The maximum absolute atomic E-state index is 12.1. The number of phenols is 2. The van der Waals surface area contributed by atoms with Gasteiger partial charge >= 0.3 is 11.9 Å².